The molecule has 5 rings (SSSR count). The molecule has 0 saturated carbocycles. The van der Waals surface area contributed by atoms with E-state index in [-0.39, 0.29) is 11.5 Å². The molecule has 0 aliphatic carbocycles. The third-order valence-corrected chi connectivity index (χ3v) is 8.01. The Morgan fingerprint density at radius 1 is 1.27 bits per heavy atom. The molecule has 10 heteroatoms. The number of halogens is 1. The number of hydrogen-bond donors (Lipinski definition) is 3. The molecule has 2 aliphatic heterocycles. The van der Waals surface area contributed by atoms with Crippen molar-refractivity contribution in [2.24, 2.45) is 0 Å². The van der Waals surface area contributed by atoms with Crippen LogP contribution < -0.4 is 10.1 Å². The van der Waals surface area contributed by atoms with Crippen molar-refractivity contribution >= 4 is 29.6 Å². The molecule has 1 fully saturated rings. The van der Waals surface area contributed by atoms with E-state index in [2.05, 4.69) is 27.3 Å². The summed E-state index contributed by atoms with van der Waals surface area (Å²) in [6, 6.07) is 15.9. The number of rotatable bonds is 10. The summed E-state index contributed by atoms with van der Waals surface area (Å²) in [7, 11) is 1.33. The highest BCUT2D eigenvalue weighted by Gasteiger charge is 2.28. The maximum absolute atomic E-state index is 11.5. The van der Waals surface area contributed by atoms with Crippen LogP contribution in [0.15, 0.2) is 60.0 Å². The number of nitrogens with one attached hydrogen (secondary N) is 2. The van der Waals surface area contributed by atoms with Crippen LogP contribution in [0.3, 0.4) is 0 Å². The van der Waals surface area contributed by atoms with Gasteiger partial charge in [-0.3, -0.25) is 4.90 Å². The van der Waals surface area contributed by atoms with Gasteiger partial charge in [0.05, 0.1) is 24.4 Å². The fourth-order valence-corrected chi connectivity index (χ4v) is 5.67. The summed E-state index contributed by atoms with van der Waals surface area (Å²) in [6.45, 7) is 5.78. The minimum absolute atomic E-state index is 0.0837. The molecule has 0 amide bonds. The van der Waals surface area contributed by atoms with Crippen LogP contribution in [0.4, 0.5) is 5.82 Å². The highest BCUT2D eigenvalue weighted by atomic mass is 35.5. The lowest BCUT2D eigenvalue weighted by Crippen LogP contribution is -2.39. The largest absolute Gasteiger partial charge is 0.488 e. The second kappa shape index (κ2) is 12.7. The Bertz CT molecular complexity index is 1490. The Balaban J connectivity index is 1.36. The number of methoxy groups -OCH3 is 1. The maximum atomic E-state index is 11.5. The average Bonchev–Trinajstić information content (AvgIpc) is 3.52. The highest BCUT2D eigenvalue weighted by molar-refractivity contribution is 6.32. The molecule has 3 aromatic rings. The zero-order valence-electron chi connectivity index (χ0n) is 23.1. The second-order valence-corrected chi connectivity index (χ2v) is 10.5. The molecule has 1 saturated heterocycles. The number of anilines is 1. The number of aliphatic carboxylic acids is 1. The first-order valence-electron chi connectivity index (χ1n) is 13.5. The minimum Gasteiger partial charge on any atom is -0.488 e. The summed E-state index contributed by atoms with van der Waals surface area (Å²) in [5.41, 5.74) is 5.43. The number of nitrogens with zero attached hydrogens (tertiary/aromatic N) is 2. The monoisotopic (exact) mass is 576 g/mol. The lowest BCUT2D eigenvalue weighted by atomic mass is 9.96. The van der Waals surface area contributed by atoms with Gasteiger partial charge in [-0.25, -0.2) is 9.78 Å². The predicted molar refractivity (Wildman–Crippen MR) is 158 cm³/mol. The number of fused-ring (bicyclic) bond motifs is 1. The molecular weight excluding hydrogens is 544 g/mol. The van der Waals surface area contributed by atoms with E-state index in [1.54, 1.807) is 12.1 Å². The lowest BCUT2D eigenvalue weighted by molar-refractivity contribution is -0.132. The molecule has 0 spiro atoms. The molecule has 1 aromatic heterocycles. The van der Waals surface area contributed by atoms with Gasteiger partial charge >= 0.3 is 5.97 Å². The maximum Gasteiger partial charge on any atom is 0.342 e. The number of para-hydroxylation sites is 1. The Labute approximate surface area is 244 Å². The number of benzene rings is 2. The molecule has 214 valence electrons. The molecule has 2 aromatic carbocycles. The Morgan fingerprint density at radius 2 is 2.10 bits per heavy atom. The van der Waals surface area contributed by atoms with Gasteiger partial charge in [0, 0.05) is 43.1 Å². The van der Waals surface area contributed by atoms with E-state index in [9.17, 15) is 9.90 Å². The van der Waals surface area contributed by atoms with Crippen LogP contribution in [0.2, 0.25) is 5.02 Å². The molecular formula is C31H33ClN4O5. The first kappa shape index (κ1) is 28.6. The first-order chi connectivity index (χ1) is 19.9. The molecule has 1 unspecified atom stereocenters. The molecule has 1 atom stereocenters. The van der Waals surface area contributed by atoms with Gasteiger partial charge in [-0.2, -0.15) is 0 Å². The highest BCUT2D eigenvalue weighted by Crippen LogP contribution is 2.35. The van der Waals surface area contributed by atoms with E-state index in [1.165, 1.54) is 18.2 Å². The van der Waals surface area contributed by atoms with E-state index >= 15 is 0 Å². The van der Waals surface area contributed by atoms with E-state index in [0.29, 0.717) is 29.9 Å². The molecule has 3 heterocycles. The number of aryl methyl sites for hydroxylation is 1. The van der Waals surface area contributed by atoms with E-state index in [1.807, 2.05) is 31.2 Å². The molecule has 0 radical (unpaired) electrons. The fourth-order valence-electron chi connectivity index (χ4n) is 5.33. The lowest BCUT2D eigenvalue weighted by Gasteiger charge is -2.33. The zero-order valence-corrected chi connectivity index (χ0v) is 23.8. The molecule has 9 nitrogen and oxygen atoms in total. The number of carbonyl (C=O) groups is 1. The van der Waals surface area contributed by atoms with Gasteiger partial charge in [0.2, 0.25) is 5.88 Å². The van der Waals surface area contributed by atoms with E-state index in [0.717, 1.165) is 67.1 Å². The van der Waals surface area contributed by atoms with Crippen LogP contribution in [-0.4, -0.2) is 60.1 Å². The van der Waals surface area contributed by atoms with Gasteiger partial charge in [0.1, 0.15) is 23.7 Å². The SMILES string of the molecule is CO/C(Nc1cccc(-c2cccc(C)c2OCc2ccc3c(c2Cl)CCN(C2CCOC2)C3)n1)=C(/C=N)C(=O)O. The molecule has 2 aliphatic rings. The van der Waals surface area contributed by atoms with Crippen LogP contribution in [0, 0.1) is 12.3 Å². The number of aromatic nitrogens is 1. The van der Waals surface area contributed by atoms with Gasteiger partial charge < -0.3 is 30.0 Å². The number of hydrogen-bond acceptors (Lipinski definition) is 8. The Morgan fingerprint density at radius 3 is 2.83 bits per heavy atom. The third-order valence-electron chi connectivity index (χ3n) is 7.54. The number of carboxylic acids is 1. The smallest absolute Gasteiger partial charge is 0.342 e. The third kappa shape index (κ3) is 6.22. The van der Waals surface area contributed by atoms with E-state index in [4.69, 9.17) is 31.2 Å². The van der Waals surface area contributed by atoms with Crippen molar-refractivity contribution in [2.45, 2.75) is 39.0 Å². The topological polar surface area (TPSA) is 117 Å². The van der Waals surface area contributed by atoms with Crippen LogP contribution in [0.5, 0.6) is 5.75 Å². The van der Waals surface area contributed by atoms with Gasteiger partial charge in [-0.15, -0.1) is 0 Å². The van der Waals surface area contributed by atoms with Crippen molar-refractivity contribution in [3.8, 4) is 17.0 Å². The number of pyridine rings is 1. The van der Waals surface area contributed by atoms with Crippen LogP contribution in [-0.2, 0) is 33.8 Å². The molecule has 41 heavy (non-hydrogen) atoms. The summed E-state index contributed by atoms with van der Waals surface area (Å²) in [4.78, 5) is 18.6. The molecule has 3 N–H and O–H groups in total. The summed E-state index contributed by atoms with van der Waals surface area (Å²) in [5.74, 6) is -0.314. The van der Waals surface area contributed by atoms with Crippen molar-refractivity contribution in [1.82, 2.24) is 9.88 Å². The van der Waals surface area contributed by atoms with Crippen LogP contribution in [0.25, 0.3) is 11.3 Å². The van der Waals surface area contributed by atoms with Crippen molar-refractivity contribution in [3.05, 3.63) is 87.3 Å². The summed E-state index contributed by atoms with van der Waals surface area (Å²) in [5, 5.41) is 20.4. The zero-order chi connectivity index (χ0) is 28.9. The van der Waals surface area contributed by atoms with Crippen molar-refractivity contribution in [1.29, 1.82) is 5.41 Å². The number of ether oxygens (including phenoxy) is 3. The van der Waals surface area contributed by atoms with Crippen molar-refractivity contribution in [2.75, 3.05) is 32.2 Å². The number of carboxylic acid groups (broad SMARTS) is 1. The quantitative estimate of drug-likeness (QED) is 0.166. The Hall–Kier alpha value is -3.92. The van der Waals surface area contributed by atoms with Gasteiger partial charge in [-0.05, 0) is 54.7 Å². The van der Waals surface area contributed by atoms with Gasteiger partial charge in [0.25, 0.3) is 0 Å². The summed E-state index contributed by atoms with van der Waals surface area (Å²) < 4.78 is 17.2. The first-order valence-corrected chi connectivity index (χ1v) is 13.9. The minimum atomic E-state index is -1.28. The fraction of sp³-hybridized carbons (Fsp3) is 0.323. The second-order valence-electron chi connectivity index (χ2n) is 10.1. The van der Waals surface area contributed by atoms with Crippen molar-refractivity contribution in [3.63, 3.8) is 0 Å². The Kier molecular flexibility index (Phi) is 8.87. The van der Waals surface area contributed by atoms with E-state index < -0.39 is 5.97 Å². The summed E-state index contributed by atoms with van der Waals surface area (Å²) >= 11 is 6.92. The predicted octanol–water partition coefficient (Wildman–Crippen LogP) is 5.44. The standard InChI is InChI=1S/C31H33ClN4O5/c1-19-5-3-6-24(26-7-4-8-27(34-26)35-30(39-2)25(15-33)31(37)38)29(19)41-17-21-10-9-20-16-36(22-12-14-40-18-22)13-11-23(20)28(21)32/h3-10,15,22,33H,11-14,16-18H2,1-2H3,(H,34,35)(H,37,38)/b30-25-,33-15?. The average molecular weight is 577 g/mol. The van der Waals surface area contributed by atoms with Gasteiger partial charge in [0.15, 0.2) is 0 Å². The summed E-state index contributed by atoms with van der Waals surface area (Å²) in [6.07, 6.45) is 2.70. The van der Waals surface area contributed by atoms with Gasteiger partial charge in [-0.1, -0.05) is 41.9 Å². The van der Waals surface area contributed by atoms with Crippen LogP contribution in [0.1, 0.15) is 28.7 Å². The van der Waals surface area contributed by atoms with Crippen molar-refractivity contribution < 1.29 is 24.1 Å². The normalized spacial score (nSPS) is 17.4. The molecule has 0 bridgehead atoms. The van der Waals surface area contributed by atoms with Crippen LogP contribution >= 0.6 is 11.6 Å².